The summed E-state index contributed by atoms with van der Waals surface area (Å²) in [5.74, 6) is 1.62. The van der Waals surface area contributed by atoms with E-state index in [1.54, 1.807) is 6.92 Å². The van der Waals surface area contributed by atoms with Crippen LogP contribution in [-0.4, -0.2) is 21.3 Å². The number of aliphatic hydroxyl groups is 1. The minimum Gasteiger partial charge on any atom is -0.491 e. The molecule has 0 aliphatic heterocycles. The summed E-state index contributed by atoms with van der Waals surface area (Å²) in [7, 11) is 0. The lowest BCUT2D eigenvalue weighted by atomic mass is 10.1. The maximum Gasteiger partial charge on any atom is 0.138 e. The summed E-state index contributed by atoms with van der Waals surface area (Å²) in [6.07, 6.45) is -0.609. The Kier molecular flexibility index (Phi) is 4.35. The fraction of sp³-hybridized carbons (Fsp3) is 0.316. The SMILES string of the molecule is Cc1cccc(C)c1OCCn1c(C(C)O)nc2ccccc21. The van der Waals surface area contributed by atoms with Crippen molar-refractivity contribution in [3.05, 3.63) is 59.4 Å². The molecule has 0 bridgehead atoms. The minimum absolute atomic E-state index is 0.533. The third kappa shape index (κ3) is 3.08. The second-order valence-corrected chi connectivity index (χ2v) is 5.86. The van der Waals surface area contributed by atoms with Crippen molar-refractivity contribution in [1.29, 1.82) is 0 Å². The van der Waals surface area contributed by atoms with Gasteiger partial charge in [0.25, 0.3) is 0 Å². The highest BCUT2D eigenvalue weighted by atomic mass is 16.5. The van der Waals surface area contributed by atoms with E-state index in [-0.39, 0.29) is 0 Å². The number of ether oxygens (including phenoxy) is 1. The zero-order valence-corrected chi connectivity index (χ0v) is 13.8. The summed E-state index contributed by atoms with van der Waals surface area (Å²) in [6, 6.07) is 14.1. The first-order valence-electron chi connectivity index (χ1n) is 7.90. The van der Waals surface area contributed by atoms with Gasteiger partial charge < -0.3 is 14.4 Å². The second-order valence-electron chi connectivity index (χ2n) is 5.86. The van der Waals surface area contributed by atoms with E-state index in [0.29, 0.717) is 19.0 Å². The first kappa shape index (κ1) is 15.6. The van der Waals surface area contributed by atoms with Gasteiger partial charge in [-0.1, -0.05) is 30.3 Å². The predicted molar refractivity (Wildman–Crippen MR) is 91.8 cm³/mol. The summed E-state index contributed by atoms with van der Waals surface area (Å²) in [5, 5.41) is 9.99. The standard InChI is InChI=1S/C19H22N2O2/c1-13-7-6-8-14(2)18(13)23-12-11-21-17-10-5-4-9-16(17)20-19(21)15(3)22/h4-10,15,22H,11-12H2,1-3H3. The zero-order valence-electron chi connectivity index (χ0n) is 13.8. The van der Waals surface area contributed by atoms with Gasteiger partial charge in [0.15, 0.2) is 0 Å². The highest BCUT2D eigenvalue weighted by Crippen LogP contribution is 2.24. The molecule has 4 heteroatoms. The van der Waals surface area contributed by atoms with Crippen LogP contribution in [-0.2, 0) is 6.54 Å². The molecule has 0 aliphatic rings. The molecule has 0 aliphatic carbocycles. The largest absolute Gasteiger partial charge is 0.491 e. The summed E-state index contributed by atoms with van der Waals surface area (Å²) in [4.78, 5) is 4.53. The number of aromatic nitrogens is 2. The summed E-state index contributed by atoms with van der Waals surface area (Å²) in [6.45, 7) is 7.02. The van der Waals surface area contributed by atoms with Gasteiger partial charge in [0, 0.05) is 0 Å². The van der Waals surface area contributed by atoms with Crippen molar-refractivity contribution in [2.24, 2.45) is 0 Å². The first-order chi connectivity index (χ1) is 11.1. The Bertz CT molecular complexity index is 801. The van der Waals surface area contributed by atoms with Crippen LogP contribution in [0.2, 0.25) is 0 Å². The number of nitrogens with zero attached hydrogens (tertiary/aromatic N) is 2. The number of hydrogen-bond donors (Lipinski definition) is 1. The Balaban J connectivity index is 1.83. The average molecular weight is 310 g/mol. The summed E-state index contributed by atoms with van der Waals surface area (Å²) >= 11 is 0. The molecule has 0 radical (unpaired) electrons. The van der Waals surface area contributed by atoms with Crippen molar-refractivity contribution in [3.63, 3.8) is 0 Å². The molecule has 2 aromatic carbocycles. The smallest absolute Gasteiger partial charge is 0.138 e. The lowest BCUT2D eigenvalue weighted by Crippen LogP contribution is -2.13. The van der Waals surface area contributed by atoms with Crippen molar-refractivity contribution >= 4 is 11.0 Å². The summed E-state index contributed by atoms with van der Waals surface area (Å²) in [5.41, 5.74) is 4.19. The van der Waals surface area contributed by atoms with E-state index in [0.717, 1.165) is 27.9 Å². The van der Waals surface area contributed by atoms with Gasteiger partial charge >= 0.3 is 0 Å². The third-order valence-corrected chi connectivity index (χ3v) is 4.03. The maximum absolute atomic E-state index is 9.99. The fourth-order valence-electron chi connectivity index (χ4n) is 2.91. The van der Waals surface area contributed by atoms with Crippen LogP contribution < -0.4 is 4.74 Å². The molecule has 1 aromatic heterocycles. The highest BCUT2D eigenvalue weighted by molar-refractivity contribution is 5.76. The number of imidazole rings is 1. The molecule has 3 aromatic rings. The molecule has 0 fully saturated rings. The van der Waals surface area contributed by atoms with Gasteiger partial charge in [-0.05, 0) is 44.0 Å². The number of hydrogen-bond acceptors (Lipinski definition) is 3. The van der Waals surface area contributed by atoms with Gasteiger partial charge in [-0.2, -0.15) is 0 Å². The number of benzene rings is 2. The molecule has 1 heterocycles. The molecule has 1 unspecified atom stereocenters. The van der Waals surface area contributed by atoms with Crippen LogP contribution in [0.5, 0.6) is 5.75 Å². The van der Waals surface area contributed by atoms with Crippen LogP contribution in [0, 0.1) is 13.8 Å². The Morgan fingerprint density at radius 1 is 1.09 bits per heavy atom. The Hall–Kier alpha value is -2.33. The van der Waals surface area contributed by atoms with E-state index < -0.39 is 6.10 Å². The number of rotatable bonds is 5. The second kappa shape index (κ2) is 6.42. The quantitative estimate of drug-likeness (QED) is 0.780. The molecule has 120 valence electrons. The normalized spacial score (nSPS) is 12.5. The lowest BCUT2D eigenvalue weighted by molar-refractivity contribution is 0.181. The van der Waals surface area contributed by atoms with Crippen LogP contribution >= 0.6 is 0 Å². The molecule has 23 heavy (non-hydrogen) atoms. The van der Waals surface area contributed by atoms with Gasteiger partial charge in [0.1, 0.15) is 24.3 Å². The van der Waals surface area contributed by atoms with E-state index in [4.69, 9.17) is 4.74 Å². The zero-order chi connectivity index (χ0) is 16.4. The van der Waals surface area contributed by atoms with E-state index in [1.165, 1.54) is 0 Å². The average Bonchev–Trinajstić information content (AvgIpc) is 2.89. The molecule has 1 atom stereocenters. The fourth-order valence-corrected chi connectivity index (χ4v) is 2.91. The summed E-state index contributed by atoms with van der Waals surface area (Å²) < 4.78 is 8.03. The van der Waals surface area contributed by atoms with Crippen molar-refractivity contribution in [1.82, 2.24) is 9.55 Å². The van der Waals surface area contributed by atoms with E-state index in [1.807, 2.05) is 34.9 Å². The molecule has 0 spiro atoms. The van der Waals surface area contributed by atoms with Crippen molar-refractivity contribution in [3.8, 4) is 5.75 Å². The van der Waals surface area contributed by atoms with Crippen molar-refractivity contribution in [2.75, 3.05) is 6.61 Å². The number of aliphatic hydroxyl groups excluding tert-OH is 1. The molecular formula is C19H22N2O2. The Morgan fingerprint density at radius 2 is 1.78 bits per heavy atom. The molecule has 1 N–H and O–H groups in total. The molecule has 0 amide bonds. The number of para-hydroxylation sites is 3. The van der Waals surface area contributed by atoms with Crippen LogP contribution in [0.4, 0.5) is 0 Å². The van der Waals surface area contributed by atoms with Gasteiger partial charge in [-0.3, -0.25) is 0 Å². The molecule has 0 saturated heterocycles. The third-order valence-electron chi connectivity index (χ3n) is 4.03. The predicted octanol–water partition coefficient (Wildman–Crippen LogP) is 3.79. The van der Waals surface area contributed by atoms with Gasteiger partial charge in [0.05, 0.1) is 17.6 Å². The van der Waals surface area contributed by atoms with Gasteiger partial charge in [-0.15, -0.1) is 0 Å². The molecular weight excluding hydrogens is 288 g/mol. The lowest BCUT2D eigenvalue weighted by Gasteiger charge is -2.14. The Labute approximate surface area is 136 Å². The van der Waals surface area contributed by atoms with Crippen LogP contribution in [0.15, 0.2) is 42.5 Å². The molecule has 3 rings (SSSR count). The van der Waals surface area contributed by atoms with E-state index in [2.05, 4.69) is 31.0 Å². The first-order valence-corrected chi connectivity index (χ1v) is 7.90. The van der Waals surface area contributed by atoms with Crippen LogP contribution in [0.3, 0.4) is 0 Å². The van der Waals surface area contributed by atoms with Crippen LogP contribution in [0.25, 0.3) is 11.0 Å². The molecule has 4 nitrogen and oxygen atoms in total. The minimum atomic E-state index is -0.609. The van der Waals surface area contributed by atoms with E-state index in [9.17, 15) is 5.11 Å². The van der Waals surface area contributed by atoms with Crippen molar-refractivity contribution in [2.45, 2.75) is 33.4 Å². The number of aryl methyl sites for hydroxylation is 2. The molecule has 0 saturated carbocycles. The maximum atomic E-state index is 9.99. The highest BCUT2D eigenvalue weighted by Gasteiger charge is 2.14. The van der Waals surface area contributed by atoms with E-state index >= 15 is 0 Å². The van der Waals surface area contributed by atoms with Gasteiger partial charge in [0.2, 0.25) is 0 Å². The topological polar surface area (TPSA) is 47.3 Å². The Morgan fingerprint density at radius 3 is 2.48 bits per heavy atom. The number of fused-ring (bicyclic) bond motifs is 1. The van der Waals surface area contributed by atoms with Gasteiger partial charge in [-0.25, -0.2) is 4.98 Å². The van der Waals surface area contributed by atoms with Crippen molar-refractivity contribution < 1.29 is 9.84 Å². The monoisotopic (exact) mass is 310 g/mol. The van der Waals surface area contributed by atoms with Crippen LogP contribution in [0.1, 0.15) is 30.0 Å².